The van der Waals surface area contributed by atoms with E-state index in [1.165, 1.54) is 7.11 Å². The third-order valence-corrected chi connectivity index (χ3v) is 4.89. The summed E-state index contributed by atoms with van der Waals surface area (Å²) in [7, 11) is -1.81. The van der Waals surface area contributed by atoms with E-state index in [2.05, 4.69) is 0 Å². The Morgan fingerprint density at radius 1 is 1.18 bits per heavy atom. The summed E-state index contributed by atoms with van der Waals surface area (Å²) in [4.78, 5) is 0.318. The SMILES string of the molecule is COc1cccc(S(=O)(=O)N2CCCCC2)c1. The maximum atomic E-state index is 12.3. The minimum absolute atomic E-state index is 0.318. The maximum Gasteiger partial charge on any atom is 0.243 e. The molecule has 0 aromatic heterocycles. The van der Waals surface area contributed by atoms with Crippen LogP contribution in [-0.2, 0) is 10.0 Å². The molecular weight excluding hydrogens is 238 g/mol. The first-order valence-corrected chi connectivity index (χ1v) is 7.23. The lowest BCUT2D eigenvalue weighted by Gasteiger charge is -2.25. The number of piperidine rings is 1. The number of benzene rings is 1. The van der Waals surface area contributed by atoms with E-state index < -0.39 is 10.0 Å². The van der Waals surface area contributed by atoms with Crippen LogP contribution >= 0.6 is 0 Å². The molecule has 1 saturated heterocycles. The molecule has 0 bridgehead atoms. The molecule has 4 nitrogen and oxygen atoms in total. The molecule has 1 aliphatic heterocycles. The Morgan fingerprint density at radius 2 is 1.88 bits per heavy atom. The van der Waals surface area contributed by atoms with E-state index in [0.29, 0.717) is 23.7 Å². The van der Waals surface area contributed by atoms with Gasteiger partial charge in [0.15, 0.2) is 0 Å². The second-order valence-corrected chi connectivity index (χ2v) is 6.08. The number of nitrogens with zero attached hydrogens (tertiary/aromatic N) is 1. The Hall–Kier alpha value is -1.07. The van der Waals surface area contributed by atoms with Crippen LogP contribution < -0.4 is 4.74 Å². The van der Waals surface area contributed by atoms with Crippen molar-refractivity contribution in [2.75, 3.05) is 20.2 Å². The second-order valence-electron chi connectivity index (χ2n) is 4.14. The first kappa shape index (κ1) is 12.4. The summed E-state index contributed by atoms with van der Waals surface area (Å²) in [6.45, 7) is 1.25. The molecular formula is C12H17NO3S. The molecule has 1 heterocycles. The normalized spacial score (nSPS) is 17.9. The first-order chi connectivity index (χ1) is 8.14. The molecule has 0 N–H and O–H groups in total. The number of hydrogen-bond donors (Lipinski definition) is 0. The molecule has 0 atom stereocenters. The molecule has 0 aliphatic carbocycles. The fraction of sp³-hybridized carbons (Fsp3) is 0.500. The van der Waals surface area contributed by atoms with Crippen molar-refractivity contribution in [3.8, 4) is 5.75 Å². The second kappa shape index (κ2) is 5.06. The lowest BCUT2D eigenvalue weighted by atomic mass is 10.2. The van der Waals surface area contributed by atoms with Crippen LogP contribution in [0.4, 0.5) is 0 Å². The van der Waals surface area contributed by atoms with E-state index in [9.17, 15) is 8.42 Å². The standard InChI is InChI=1S/C12H17NO3S/c1-16-11-6-5-7-12(10-11)17(14,15)13-8-3-2-4-9-13/h5-7,10H,2-4,8-9H2,1H3. The summed E-state index contributed by atoms with van der Waals surface area (Å²) < 4.78 is 31.3. The van der Waals surface area contributed by atoms with Gasteiger partial charge in [-0.3, -0.25) is 0 Å². The zero-order chi connectivity index (χ0) is 12.3. The van der Waals surface area contributed by atoms with E-state index in [1.54, 1.807) is 28.6 Å². The summed E-state index contributed by atoms with van der Waals surface area (Å²) in [5, 5.41) is 0. The highest BCUT2D eigenvalue weighted by Crippen LogP contribution is 2.23. The summed E-state index contributed by atoms with van der Waals surface area (Å²) in [6, 6.07) is 6.64. The Balaban J connectivity index is 2.29. The molecule has 0 spiro atoms. The summed E-state index contributed by atoms with van der Waals surface area (Å²) >= 11 is 0. The maximum absolute atomic E-state index is 12.3. The van der Waals surface area contributed by atoms with Gasteiger partial charge >= 0.3 is 0 Å². The summed E-state index contributed by atoms with van der Waals surface area (Å²) in [5.41, 5.74) is 0. The lowest BCUT2D eigenvalue weighted by molar-refractivity contribution is 0.346. The van der Waals surface area contributed by atoms with E-state index in [0.717, 1.165) is 19.3 Å². The molecule has 2 rings (SSSR count). The smallest absolute Gasteiger partial charge is 0.243 e. The van der Waals surface area contributed by atoms with Crippen molar-refractivity contribution >= 4 is 10.0 Å². The van der Waals surface area contributed by atoms with Gasteiger partial charge in [0.25, 0.3) is 0 Å². The number of ether oxygens (including phenoxy) is 1. The molecule has 0 amide bonds. The van der Waals surface area contributed by atoms with Crippen LogP contribution in [0, 0.1) is 0 Å². The largest absolute Gasteiger partial charge is 0.497 e. The highest BCUT2D eigenvalue weighted by molar-refractivity contribution is 7.89. The van der Waals surface area contributed by atoms with Crippen molar-refractivity contribution in [2.45, 2.75) is 24.2 Å². The number of methoxy groups -OCH3 is 1. The Labute approximate surface area is 102 Å². The van der Waals surface area contributed by atoms with E-state index in [-0.39, 0.29) is 0 Å². The van der Waals surface area contributed by atoms with Gasteiger partial charge in [-0.05, 0) is 25.0 Å². The Kier molecular flexibility index (Phi) is 3.69. The molecule has 17 heavy (non-hydrogen) atoms. The van der Waals surface area contributed by atoms with Gasteiger partial charge in [-0.1, -0.05) is 12.5 Å². The van der Waals surface area contributed by atoms with Crippen molar-refractivity contribution in [3.05, 3.63) is 24.3 Å². The van der Waals surface area contributed by atoms with E-state index >= 15 is 0 Å². The van der Waals surface area contributed by atoms with Gasteiger partial charge in [0.2, 0.25) is 10.0 Å². The highest BCUT2D eigenvalue weighted by atomic mass is 32.2. The van der Waals surface area contributed by atoms with E-state index in [1.807, 2.05) is 0 Å². The number of sulfonamides is 1. The van der Waals surface area contributed by atoms with Gasteiger partial charge in [-0.2, -0.15) is 4.31 Å². The molecule has 0 saturated carbocycles. The van der Waals surface area contributed by atoms with Crippen molar-refractivity contribution in [3.63, 3.8) is 0 Å². The van der Waals surface area contributed by atoms with Crippen LogP contribution in [0.25, 0.3) is 0 Å². The number of rotatable bonds is 3. The van der Waals surface area contributed by atoms with Crippen molar-refractivity contribution in [1.29, 1.82) is 0 Å². The van der Waals surface area contributed by atoms with Crippen molar-refractivity contribution < 1.29 is 13.2 Å². The first-order valence-electron chi connectivity index (χ1n) is 5.79. The molecule has 5 heteroatoms. The molecule has 1 fully saturated rings. The fourth-order valence-corrected chi connectivity index (χ4v) is 3.57. The molecule has 1 aromatic carbocycles. The van der Waals surface area contributed by atoms with Crippen molar-refractivity contribution in [2.24, 2.45) is 0 Å². The van der Waals surface area contributed by atoms with Gasteiger partial charge < -0.3 is 4.74 Å². The van der Waals surface area contributed by atoms with Gasteiger partial charge in [-0.25, -0.2) is 8.42 Å². The lowest BCUT2D eigenvalue weighted by Crippen LogP contribution is -2.35. The monoisotopic (exact) mass is 255 g/mol. The topological polar surface area (TPSA) is 46.6 Å². The average Bonchev–Trinajstić information content (AvgIpc) is 2.40. The van der Waals surface area contributed by atoms with Crippen molar-refractivity contribution in [1.82, 2.24) is 4.31 Å². The predicted octanol–water partition coefficient (Wildman–Crippen LogP) is 1.87. The highest BCUT2D eigenvalue weighted by Gasteiger charge is 2.25. The third-order valence-electron chi connectivity index (χ3n) is 2.99. The van der Waals surface area contributed by atoms with Crippen LogP contribution in [0.3, 0.4) is 0 Å². The predicted molar refractivity (Wildman–Crippen MR) is 65.6 cm³/mol. The van der Waals surface area contributed by atoms with Gasteiger partial charge in [-0.15, -0.1) is 0 Å². The molecule has 1 aromatic rings. The summed E-state index contributed by atoms with van der Waals surface area (Å²) in [5.74, 6) is 0.572. The minimum Gasteiger partial charge on any atom is -0.497 e. The Morgan fingerprint density at radius 3 is 2.53 bits per heavy atom. The quantitative estimate of drug-likeness (QED) is 0.828. The molecule has 0 unspecified atom stereocenters. The molecule has 0 radical (unpaired) electrons. The summed E-state index contributed by atoms with van der Waals surface area (Å²) in [6.07, 6.45) is 3.01. The van der Waals surface area contributed by atoms with Gasteiger partial charge in [0.05, 0.1) is 12.0 Å². The zero-order valence-electron chi connectivity index (χ0n) is 9.93. The fourth-order valence-electron chi connectivity index (χ4n) is 2.02. The van der Waals surface area contributed by atoms with Gasteiger partial charge in [0.1, 0.15) is 5.75 Å². The number of hydrogen-bond acceptors (Lipinski definition) is 3. The molecule has 1 aliphatic rings. The van der Waals surface area contributed by atoms with Crippen LogP contribution in [0.1, 0.15) is 19.3 Å². The van der Waals surface area contributed by atoms with Crippen LogP contribution in [0.5, 0.6) is 5.75 Å². The molecule has 94 valence electrons. The minimum atomic E-state index is -3.34. The zero-order valence-corrected chi connectivity index (χ0v) is 10.7. The van der Waals surface area contributed by atoms with Gasteiger partial charge in [0, 0.05) is 19.2 Å². The Bertz CT molecular complexity index is 478. The third kappa shape index (κ3) is 2.61. The average molecular weight is 255 g/mol. The van der Waals surface area contributed by atoms with Crippen LogP contribution in [0.2, 0.25) is 0 Å². The van der Waals surface area contributed by atoms with Crippen LogP contribution in [0.15, 0.2) is 29.2 Å². The van der Waals surface area contributed by atoms with E-state index in [4.69, 9.17) is 4.74 Å². The van der Waals surface area contributed by atoms with Crippen LogP contribution in [-0.4, -0.2) is 32.9 Å².